The molecule has 0 aromatic heterocycles. The molecule has 0 N–H and O–H groups in total. The Morgan fingerprint density at radius 1 is 1.47 bits per heavy atom. The molecule has 0 saturated carbocycles. The molecular weight excluding hydrogens is 212 g/mol. The van der Waals surface area contributed by atoms with Gasteiger partial charge in [0, 0.05) is 13.1 Å². The number of hydrogen-bond acceptors (Lipinski definition) is 3. The van der Waals surface area contributed by atoms with Gasteiger partial charge in [-0.15, -0.1) is 0 Å². The van der Waals surface area contributed by atoms with Crippen LogP contribution in [-0.2, 0) is 4.74 Å². The summed E-state index contributed by atoms with van der Waals surface area (Å²) in [6.45, 7) is 7.81. The first-order valence-electron chi connectivity index (χ1n) is 6.59. The van der Waals surface area contributed by atoms with Crippen LogP contribution in [0.5, 0.6) is 0 Å². The van der Waals surface area contributed by atoms with E-state index in [1.807, 2.05) is 0 Å². The van der Waals surface area contributed by atoms with E-state index < -0.39 is 0 Å². The van der Waals surface area contributed by atoms with Crippen molar-refractivity contribution in [3.63, 3.8) is 0 Å². The highest BCUT2D eigenvalue weighted by Gasteiger charge is 2.31. The van der Waals surface area contributed by atoms with Gasteiger partial charge in [-0.25, -0.2) is 0 Å². The Labute approximate surface area is 104 Å². The summed E-state index contributed by atoms with van der Waals surface area (Å²) in [6.07, 6.45) is 4.58. The SMILES string of the molecule is CC1=CC(C)CC(C(C#N)N2CCOCC2)C1. The fourth-order valence-corrected chi connectivity index (χ4v) is 3.18. The number of nitriles is 1. The highest BCUT2D eigenvalue weighted by molar-refractivity contribution is 5.11. The molecule has 1 aliphatic heterocycles. The molecule has 1 saturated heterocycles. The number of rotatable bonds is 2. The van der Waals surface area contributed by atoms with Crippen LogP contribution in [0.3, 0.4) is 0 Å². The Kier molecular flexibility index (Phi) is 4.20. The summed E-state index contributed by atoms with van der Waals surface area (Å²) in [5, 5.41) is 9.45. The average Bonchev–Trinajstić information content (AvgIpc) is 2.30. The van der Waals surface area contributed by atoms with Crippen molar-refractivity contribution >= 4 is 0 Å². The molecule has 94 valence electrons. The molecule has 0 spiro atoms. The van der Waals surface area contributed by atoms with E-state index >= 15 is 0 Å². The lowest BCUT2D eigenvalue weighted by atomic mass is 9.79. The summed E-state index contributed by atoms with van der Waals surface area (Å²) in [5.41, 5.74) is 1.45. The van der Waals surface area contributed by atoms with Crippen LogP contribution in [0.1, 0.15) is 26.7 Å². The van der Waals surface area contributed by atoms with Gasteiger partial charge in [-0.05, 0) is 31.6 Å². The van der Waals surface area contributed by atoms with Crippen LogP contribution in [-0.4, -0.2) is 37.2 Å². The maximum atomic E-state index is 9.45. The van der Waals surface area contributed by atoms with Gasteiger partial charge in [-0.1, -0.05) is 18.6 Å². The Morgan fingerprint density at radius 3 is 2.76 bits per heavy atom. The van der Waals surface area contributed by atoms with Gasteiger partial charge in [0.05, 0.1) is 19.3 Å². The fraction of sp³-hybridized carbons (Fsp3) is 0.786. The Bertz CT molecular complexity index is 326. The van der Waals surface area contributed by atoms with E-state index in [9.17, 15) is 5.26 Å². The molecule has 0 aromatic rings. The molecule has 1 heterocycles. The first kappa shape index (κ1) is 12.6. The first-order chi connectivity index (χ1) is 8.20. The lowest BCUT2D eigenvalue weighted by Crippen LogP contribution is -2.47. The van der Waals surface area contributed by atoms with Gasteiger partial charge in [0.15, 0.2) is 0 Å². The maximum absolute atomic E-state index is 9.45. The van der Waals surface area contributed by atoms with Crippen LogP contribution in [0.4, 0.5) is 0 Å². The molecular formula is C14H22N2O. The summed E-state index contributed by atoms with van der Waals surface area (Å²) < 4.78 is 5.36. The Morgan fingerprint density at radius 2 is 2.18 bits per heavy atom. The summed E-state index contributed by atoms with van der Waals surface area (Å²) >= 11 is 0. The van der Waals surface area contributed by atoms with Crippen molar-refractivity contribution < 1.29 is 4.74 Å². The van der Waals surface area contributed by atoms with E-state index in [4.69, 9.17) is 4.74 Å². The van der Waals surface area contributed by atoms with Gasteiger partial charge in [0.2, 0.25) is 0 Å². The smallest absolute Gasteiger partial charge is 0.101 e. The van der Waals surface area contributed by atoms with Crippen LogP contribution >= 0.6 is 0 Å². The van der Waals surface area contributed by atoms with Crippen molar-refractivity contribution in [1.29, 1.82) is 5.26 Å². The van der Waals surface area contributed by atoms with E-state index in [-0.39, 0.29) is 6.04 Å². The monoisotopic (exact) mass is 234 g/mol. The third kappa shape index (κ3) is 3.08. The molecule has 1 fully saturated rings. The predicted molar refractivity (Wildman–Crippen MR) is 67.4 cm³/mol. The second-order valence-corrected chi connectivity index (χ2v) is 5.41. The zero-order valence-corrected chi connectivity index (χ0v) is 10.9. The molecule has 17 heavy (non-hydrogen) atoms. The summed E-state index contributed by atoms with van der Waals surface area (Å²) in [7, 11) is 0. The topological polar surface area (TPSA) is 36.3 Å². The van der Waals surface area contributed by atoms with Crippen molar-refractivity contribution in [1.82, 2.24) is 4.90 Å². The predicted octanol–water partition coefficient (Wildman–Crippen LogP) is 2.20. The number of nitrogens with zero attached hydrogens (tertiary/aromatic N) is 2. The largest absolute Gasteiger partial charge is 0.379 e. The van der Waals surface area contributed by atoms with Gasteiger partial charge in [0.1, 0.15) is 6.04 Å². The molecule has 1 aliphatic carbocycles. The minimum absolute atomic E-state index is 0.0741. The molecule has 3 unspecified atom stereocenters. The van der Waals surface area contributed by atoms with E-state index in [1.54, 1.807) is 0 Å². The fourth-order valence-electron chi connectivity index (χ4n) is 3.18. The zero-order valence-electron chi connectivity index (χ0n) is 10.9. The molecule has 2 aliphatic rings. The van der Waals surface area contributed by atoms with E-state index in [1.165, 1.54) is 5.57 Å². The van der Waals surface area contributed by atoms with Crippen molar-refractivity contribution in [2.45, 2.75) is 32.7 Å². The average molecular weight is 234 g/mol. The molecule has 0 radical (unpaired) electrons. The van der Waals surface area contributed by atoms with Gasteiger partial charge in [-0.3, -0.25) is 4.90 Å². The summed E-state index contributed by atoms with van der Waals surface area (Å²) in [6, 6.07) is 2.60. The lowest BCUT2D eigenvalue weighted by molar-refractivity contribution is 0.0136. The van der Waals surface area contributed by atoms with Crippen molar-refractivity contribution in [3.05, 3.63) is 11.6 Å². The maximum Gasteiger partial charge on any atom is 0.101 e. The van der Waals surface area contributed by atoms with E-state index in [0.717, 1.165) is 39.1 Å². The number of morpholine rings is 1. The van der Waals surface area contributed by atoms with Crippen molar-refractivity contribution in [2.75, 3.05) is 26.3 Å². The normalized spacial score (nSPS) is 32.6. The van der Waals surface area contributed by atoms with Crippen LogP contribution < -0.4 is 0 Å². The summed E-state index contributed by atoms with van der Waals surface area (Å²) in [4.78, 5) is 2.31. The molecule has 0 amide bonds. The molecule has 3 nitrogen and oxygen atoms in total. The van der Waals surface area contributed by atoms with Gasteiger partial charge < -0.3 is 4.74 Å². The molecule has 0 bridgehead atoms. The minimum atomic E-state index is 0.0741. The highest BCUT2D eigenvalue weighted by Crippen LogP contribution is 2.32. The second-order valence-electron chi connectivity index (χ2n) is 5.41. The first-order valence-corrected chi connectivity index (χ1v) is 6.59. The van der Waals surface area contributed by atoms with Gasteiger partial charge in [0.25, 0.3) is 0 Å². The summed E-state index contributed by atoms with van der Waals surface area (Å²) in [5.74, 6) is 1.11. The zero-order chi connectivity index (χ0) is 12.3. The third-order valence-electron chi connectivity index (χ3n) is 3.85. The Balaban J connectivity index is 2.03. The van der Waals surface area contributed by atoms with Crippen LogP contribution in [0.15, 0.2) is 11.6 Å². The van der Waals surface area contributed by atoms with E-state index in [0.29, 0.717) is 11.8 Å². The van der Waals surface area contributed by atoms with Gasteiger partial charge >= 0.3 is 0 Å². The van der Waals surface area contributed by atoms with Gasteiger partial charge in [-0.2, -0.15) is 5.26 Å². The van der Waals surface area contributed by atoms with Crippen LogP contribution in [0.25, 0.3) is 0 Å². The second kappa shape index (κ2) is 5.66. The highest BCUT2D eigenvalue weighted by atomic mass is 16.5. The lowest BCUT2D eigenvalue weighted by Gasteiger charge is -2.37. The van der Waals surface area contributed by atoms with Crippen molar-refractivity contribution in [3.8, 4) is 6.07 Å². The number of allylic oxidation sites excluding steroid dienone is 2. The minimum Gasteiger partial charge on any atom is -0.379 e. The molecule has 2 rings (SSSR count). The number of ether oxygens (including phenoxy) is 1. The molecule has 3 atom stereocenters. The number of hydrogen-bond donors (Lipinski definition) is 0. The van der Waals surface area contributed by atoms with Crippen LogP contribution in [0.2, 0.25) is 0 Å². The molecule has 0 aromatic carbocycles. The standard InChI is InChI=1S/C14H22N2O/c1-11-7-12(2)9-13(8-11)14(10-15)16-3-5-17-6-4-16/h7,11,13-14H,3-6,8-9H2,1-2H3. The van der Waals surface area contributed by atoms with E-state index in [2.05, 4.69) is 30.9 Å². The quantitative estimate of drug-likeness (QED) is 0.687. The third-order valence-corrected chi connectivity index (χ3v) is 3.85. The van der Waals surface area contributed by atoms with Crippen molar-refractivity contribution in [2.24, 2.45) is 11.8 Å². The molecule has 3 heteroatoms. The Hall–Kier alpha value is -0.850. The van der Waals surface area contributed by atoms with Crippen LogP contribution in [0, 0.1) is 23.2 Å².